The van der Waals surface area contributed by atoms with E-state index in [0.29, 0.717) is 17.9 Å². The molecular formula is C20H22FNO5S. The van der Waals surface area contributed by atoms with Gasteiger partial charge in [-0.2, -0.15) is 0 Å². The van der Waals surface area contributed by atoms with Gasteiger partial charge in [0.2, 0.25) is 5.91 Å². The predicted octanol–water partition coefficient (Wildman–Crippen LogP) is 3.59. The van der Waals surface area contributed by atoms with Crippen LogP contribution in [-0.2, 0) is 19.4 Å². The molecule has 8 heteroatoms. The number of hydrogen-bond donors (Lipinski definition) is 1. The third-order valence-corrected chi connectivity index (χ3v) is 5.64. The Morgan fingerprint density at radius 2 is 1.68 bits per heavy atom. The number of rotatable bonds is 9. The van der Waals surface area contributed by atoms with E-state index in [1.807, 2.05) is 6.92 Å². The summed E-state index contributed by atoms with van der Waals surface area (Å²) in [6.07, 6.45) is 1.47. The van der Waals surface area contributed by atoms with Crippen LogP contribution in [0.4, 0.5) is 10.1 Å². The second-order valence-corrected chi connectivity index (χ2v) is 8.25. The van der Waals surface area contributed by atoms with Crippen LogP contribution in [0.5, 0.6) is 0 Å². The quantitative estimate of drug-likeness (QED) is 0.390. The van der Waals surface area contributed by atoms with Gasteiger partial charge in [0.1, 0.15) is 5.82 Å². The summed E-state index contributed by atoms with van der Waals surface area (Å²) < 4.78 is 42.3. The Morgan fingerprint density at radius 3 is 2.29 bits per heavy atom. The lowest BCUT2D eigenvalue weighted by atomic mass is 10.2. The van der Waals surface area contributed by atoms with E-state index >= 15 is 0 Å². The van der Waals surface area contributed by atoms with Gasteiger partial charge in [-0.1, -0.05) is 13.3 Å². The summed E-state index contributed by atoms with van der Waals surface area (Å²) in [5, 5.41) is 2.58. The van der Waals surface area contributed by atoms with Crippen LogP contribution < -0.4 is 5.32 Å². The molecular weight excluding hydrogens is 385 g/mol. The standard InChI is InChI=1S/C20H22FNO5S/c1-2-3-13-27-20(24)15-4-8-17(9-5-15)22-19(23)12-14-28(25,26)18-10-6-16(21)7-11-18/h4-11H,2-3,12-14H2,1H3,(H,22,23). The minimum absolute atomic E-state index is 0.0346. The lowest BCUT2D eigenvalue weighted by Gasteiger charge is -2.08. The Hall–Kier alpha value is -2.74. The van der Waals surface area contributed by atoms with Crippen molar-refractivity contribution in [1.29, 1.82) is 0 Å². The Balaban J connectivity index is 1.87. The molecule has 0 radical (unpaired) electrons. The number of amides is 1. The Bertz CT molecular complexity index is 909. The van der Waals surface area contributed by atoms with Gasteiger partial charge in [-0.05, 0) is 55.0 Å². The van der Waals surface area contributed by atoms with Gasteiger partial charge in [0.05, 0.1) is 22.8 Å². The molecule has 2 aromatic rings. The van der Waals surface area contributed by atoms with E-state index in [9.17, 15) is 22.4 Å². The zero-order valence-electron chi connectivity index (χ0n) is 15.5. The third kappa shape index (κ3) is 6.45. The van der Waals surface area contributed by atoms with Gasteiger partial charge in [0, 0.05) is 12.1 Å². The molecule has 0 atom stereocenters. The van der Waals surface area contributed by atoms with Gasteiger partial charge >= 0.3 is 5.97 Å². The monoisotopic (exact) mass is 407 g/mol. The highest BCUT2D eigenvalue weighted by atomic mass is 32.2. The van der Waals surface area contributed by atoms with Crippen LogP contribution in [0.25, 0.3) is 0 Å². The summed E-state index contributed by atoms with van der Waals surface area (Å²) in [6, 6.07) is 10.6. The summed E-state index contributed by atoms with van der Waals surface area (Å²) in [5.41, 5.74) is 0.808. The van der Waals surface area contributed by atoms with Crippen molar-refractivity contribution in [3.8, 4) is 0 Å². The van der Waals surface area contributed by atoms with Crippen molar-refractivity contribution < 1.29 is 27.1 Å². The summed E-state index contributed by atoms with van der Waals surface area (Å²) in [4.78, 5) is 23.8. The summed E-state index contributed by atoms with van der Waals surface area (Å²) in [5.74, 6) is -1.85. The molecule has 150 valence electrons. The minimum atomic E-state index is -3.68. The number of hydrogen-bond acceptors (Lipinski definition) is 5. The molecule has 0 saturated heterocycles. The van der Waals surface area contributed by atoms with Crippen LogP contribution >= 0.6 is 0 Å². The number of unbranched alkanes of at least 4 members (excludes halogenated alkanes) is 1. The van der Waals surface area contributed by atoms with E-state index < -0.39 is 33.3 Å². The zero-order chi connectivity index (χ0) is 20.6. The Morgan fingerprint density at radius 1 is 1.04 bits per heavy atom. The fourth-order valence-corrected chi connectivity index (χ4v) is 3.53. The van der Waals surface area contributed by atoms with Crippen molar-refractivity contribution in [3.63, 3.8) is 0 Å². The molecule has 2 rings (SSSR count). The van der Waals surface area contributed by atoms with E-state index in [4.69, 9.17) is 4.74 Å². The molecule has 1 amide bonds. The van der Waals surface area contributed by atoms with Gasteiger partial charge in [0.25, 0.3) is 0 Å². The fourth-order valence-electron chi connectivity index (χ4n) is 2.29. The number of benzene rings is 2. The number of sulfone groups is 1. The molecule has 0 spiro atoms. The van der Waals surface area contributed by atoms with E-state index in [0.717, 1.165) is 25.0 Å². The second-order valence-electron chi connectivity index (χ2n) is 6.14. The van der Waals surface area contributed by atoms with Crippen LogP contribution in [0.2, 0.25) is 0 Å². The van der Waals surface area contributed by atoms with Crippen LogP contribution in [-0.4, -0.2) is 32.7 Å². The molecule has 0 bridgehead atoms. The summed E-state index contributed by atoms with van der Waals surface area (Å²) >= 11 is 0. The zero-order valence-corrected chi connectivity index (χ0v) is 16.3. The summed E-state index contributed by atoms with van der Waals surface area (Å²) in [7, 11) is -3.68. The Kier molecular flexibility index (Phi) is 7.69. The molecule has 0 fully saturated rings. The predicted molar refractivity (Wildman–Crippen MR) is 103 cm³/mol. The maximum atomic E-state index is 12.9. The molecule has 0 heterocycles. The molecule has 1 N–H and O–H groups in total. The SMILES string of the molecule is CCCCOC(=O)c1ccc(NC(=O)CCS(=O)(=O)c2ccc(F)cc2)cc1. The first kappa shape index (κ1) is 21.6. The maximum Gasteiger partial charge on any atom is 0.338 e. The van der Waals surface area contributed by atoms with Crippen molar-refractivity contribution in [2.45, 2.75) is 31.1 Å². The smallest absolute Gasteiger partial charge is 0.338 e. The number of halogens is 1. The Labute approximate surface area is 163 Å². The van der Waals surface area contributed by atoms with Crippen LogP contribution in [0.1, 0.15) is 36.5 Å². The van der Waals surface area contributed by atoms with E-state index in [-0.39, 0.29) is 11.3 Å². The first-order valence-corrected chi connectivity index (χ1v) is 10.5. The van der Waals surface area contributed by atoms with Crippen molar-refractivity contribution in [1.82, 2.24) is 0 Å². The number of ether oxygens (including phenoxy) is 1. The molecule has 0 unspecified atom stereocenters. The second kappa shape index (κ2) is 9.98. The molecule has 0 aliphatic heterocycles. The summed E-state index contributed by atoms with van der Waals surface area (Å²) in [6.45, 7) is 2.35. The fraction of sp³-hybridized carbons (Fsp3) is 0.300. The average molecular weight is 407 g/mol. The normalized spacial score (nSPS) is 11.1. The lowest BCUT2D eigenvalue weighted by Crippen LogP contribution is -2.17. The van der Waals surface area contributed by atoms with E-state index in [1.165, 1.54) is 24.3 Å². The average Bonchev–Trinajstić information content (AvgIpc) is 2.67. The molecule has 0 saturated carbocycles. The number of carbonyl (C=O) groups is 2. The number of anilines is 1. The number of nitrogens with one attached hydrogen (secondary N) is 1. The largest absolute Gasteiger partial charge is 0.462 e. The molecule has 0 aliphatic rings. The molecule has 6 nitrogen and oxygen atoms in total. The van der Waals surface area contributed by atoms with Gasteiger partial charge < -0.3 is 10.1 Å². The topological polar surface area (TPSA) is 89.5 Å². The number of esters is 1. The minimum Gasteiger partial charge on any atom is -0.462 e. The van der Waals surface area contributed by atoms with Crippen LogP contribution in [0.3, 0.4) is 0 Å². The maximum absolute atomic E-state index is 12.9. The highest BCUT2D eigenvalue weighted by Gasteiger charge is 2.17. The molecule has 0 aromatic heterocycles. The number of carbonyl (C=O) groups excluding carboxylic acids is 2. The van der Waals surface area contributed by atoms with Crippen LogP contribution in [0, 0.1) is 5.82 Å². The van der Waals surface area contributed by atoms with Crippen LogP contribution in [0.15, 0.2) is 53.4 Å². The van der Waals surface area contributed by atoms with Crippen molar-refractivity contribution in [2.75, 3.05) is 17.7 Å². The highest BCUT2D eigenvalue weighted by molar-refractivity contribution is 7.91. The lowest BCUT2D eigenvalue weighted by molar-refractivity contribution is -0.115. The highest BCUT2D eigenvalue weighted by Crippen LogP contribution is 2.14. The van der Waals surface area contributed by atoms with Crippen molar-refractivity contribution in [2.24, 2.45) is 0 Å². The first-order valence-electron chi connectivity index (χ1n) is 8.87. The van der Waals surface area contributed by atoms with Gasteiger partial charge in [-0.15, -0.1) is 0 Å². The third-order valence-electron chi connectivity index (χ3n) is 3.91. The molecule has 2 aromatic carbocycles. The van der Waals surface area contributed by atoms with E-state index in [1.54, 1.807) is 12.1 Å². The van der Waals surface area contributed by atoms with Gasteiger partial charge in [-0.3, -0.25) is 4.79 Å². The van der Waals surface area contributed by atoms with Gasteiger partial charge in [-0.25, -0.2) is 17.6 Å². The van der Waals surface area contributed by atoms with Crippen molar-refractivity contribution >= 4 is 27.4 Å². The van der Waals surface area contributed by atoms with Crippen molar-refractivity contribution in [3.05, 3.63) is 59.9 Å². The molecule has 28 heavy (non-hydrogen) atoms. The van der Waals surface area contributed by atoms with E-state index in [2.05, 4.69) is 5.32 Å². The molecule has 0 aliphatic carbocycles. The van der Waals surface area contributed by atoms with Gasteiger partial charge in [0.15, 0.2) is 9.84 Å². The first-order chi connectivity index (χ1) is 13.3.